The van der Waals surface area contributed by atoms with Gasteiger partial charge in [-0.25, -0.2) is 0 Å². The van der Waals surface area contributed by atoms with E-state index in [9.17, 15) is 0 Å². The maximum absolute atomic E-state index is 6.05. The van der Waals surface area contributed by atoms with Crippen molar-refractivity contribution in [1.82, 2.24) is 5.32 Å². The summed E-state index contributed by atoms with van der Waals surface area (Å²) < 4.78 is 6.05. The molecule has 0 bridgehead atoms. The molecule has 0 spiro atoms. The molecule has 0 saturated carbocycles. The topological polar surface area (TPSA) is 21.3 Å². The monoisotopic (exact) mass is 267 g/mol. The predicted octanol–water partition coefficient (Wildman–Crippen LogP) is 3.91. The van der Waals surface area contributed by atoms with E-state index in [0.29, 0.717) is 12.0 Å². The number of nitrogens with one attached hydrogen (secondary N) is 1. The normalized spacial score (nSPS) is 25.3. The fraction of sp³-hybridized carbons (Fsp3) is 0.733. The van der Waals surface area contributed by atoms with Gasteiger partial charge in [0.2, 0.25) is 0 Å². The molecule has 0 aliphatic carbocycles. The number of rotatable bonds is 3. The van der Waals surface area contributed by atoms with Gasteiger partial charge in [-0.3, -0.25) is 0 Å². The van der Waals surface area contributed by atoms with Crippen molar-refractivity contribution in [1.29, 1.82) is 0 Å². The summed E-state index contributed by atoms with van der Waals surface area (Å²) in [5.74, 6) is 0.607. The summed E-state index contributed by atoms with van der Waals surface area (Å²) in [5, 5.41) is 5.81. The van der Waals surface area contributed by atoms with Crippen molar-refractivity contribution in [3.8, 4) is 0 Å². The predicted molar refractivity (Wildman–Crippen MR) is 78.2 cm³/mol. The Balaban J connectivity index is 2.05. The lowest BCUT2D eigenvalue weighted by Gasteiger charge is -2.34. The molecule has 0 aromatic carbocycles. The molecule has 2 heterocycles. The van der Waals surface area contributed by atoms with Gasteiger partial charge in [-0.15, -0.1) is 11.3 Å². The zero-order valence-electron chi connectivity index (χ0n) is 12.0. The summed E-state index contributed by atoms with van der Waals surface area (Å²) in [5.41, 5.74) is 1.57. The zero-order valence-corrected chi connectivity index (χ0v) is 12.8. The smallest absolute Gasteiger partial charge is 0.0959 e. The van der Waals surface area contributed by atoms with Gasteiger partial charge in [-0.2, -0.15) is 0 Å². The standard InChI is InChI=1S/C15H25NOS/c1-11-7-9-18-14(11)13-12(6-5-8-17-13)10-16-15(2,3)4/h7,9,12-13,16H,5-6,8,10H2,1-4H3. The van der Waals surface area contributed by atoms with Gasteiger partial charge in [0.1, 0.15) is 0 Å². The summed E-state index contributed by atoms with van der Waals surface area (Å²) in [7, 11) is 0. The van der Waals surface area contributed by atoms with Gasteiger partial charge >= 0.3 is 0 Å². The molecule has 102 valence electrons. The zero-order chi connectivity index (χ0) is 13.2. The Kier molecular flexibility index (Phi) is 4.46. The van der Waals surface area contributed by atoms with Gasteiger partial charge in [0, 0.05) is 29.5 Å². The van der Waals surface area contributed by atoms with Crippen LogP contribution in [0.3, 0.4) is 0 Å². The van der Waals surface area contributed by atoms with Gasteiger partial charge in [-0.05, 0) is 57.5 Å². The molecule has 2 atom stereocenters. The number of hydrogen-bond acceptors (Lipinski definition) is 3. The highest BCUT2D eigenvalue weighted by molar-refractivity contribution is 7.10. The first kappa shape index (κ1) is 14.0. The van der Waals surface area contributed by atoms with Crippen molar-refractivity contribution in [3.63, 3.8) is 0 Å². The Bertz CT molecular complexity index is 380. The van der Waals surface area contributed by atoms with Gasteiger partial charge in [0.05, 0.1) is 6.10 Å². The lowest BCUT2D eigenvalue weighted by atomic mass is 9.91. The average molecular weight is 267 g/mol. The number of aryl methyl sites for hydroxylation is 1. The van der Waals surface area contributed by atoms with Crippen LogP contribution in [-0.4, -0.2) is 18.7 Å². The minimum Gasteiger partial charge on any atom is -0.372 e. The second-order valence-electron chi connectivity index (χ2n) is 6.29. The van der Waals surface area contributed by atoms with E-state index in [4.69, 9.17) is 4.74 Å². The van der Waals surface area contributed by atoms with E-state index < -0.39 is 0 Å². The van der Waals surface area contributed by atoms with E-state index in [2.05, 4.69) is 44.5 Å². The second-order valence-corrected chi connectivity index (χ2v) is 7.24. The molecule has 1 fully saturated rings. The molecule has 3 heteroatoms. The SMILES string of the molecule is Cc1ccsc1C1OCCCC1CNC(C)(C)C. The van der Waals surface area contributed by atoms with Crippen molar-refractivity contribution in [2.75, 3.05) is 13.2 Å². The van der Waals surface area contributed by atoms with Crippen LogP contribution in [0.15, 0.2) is 11.4 Å². The van der Waals surface area contributed by atoms with Crippen LogP contribution in [0.2, 0.25) is 0 Å². The molecule has 1 aliphatic rings. The first-order valence-electron chi connectivity index (χ1n) is 6.88. The largest absolute Gasteiger partial charge is 0.372 e. The van der Waals surface area contributed by atoms with Crippen LogP contribution < -0.4 is 5.32 Å². The minimum atomic E-state index is 0.187. The summed E-state index contributed by atoms with van der Waals surface area (Å²) >= 11 is 1.84. The molecule has 1 N–H and O–H groups in total. The van der Waals surface area contributed by atoms with E-state index in [1.807, 2.05) is 11.3 Å². The van der Waals surface area contributed by atoms with E-state index >= 15 is 0 Å². The quantitative estimate of drug-likeness (QED) is 0.896. The first-order valence-corrected chi connectivity index (χ1v) is 7.76. The number of thiophene rings is 1. The molecule has 2 unspecified atom stereocenters. The second kappa shape index (κ2) is 5.72. The van der Waals surface area contributed by atoms with Gasteiger partial charge in [0.15, 0.2) is 0 Å². The van der Waals surface area contributed by atoms with E-state index in [1.165, 1.54) is 23.3 Å². The van der Waals surface area contributed by atoms with Crippen molar-refractivity contribution >= 4 is 11.3 Å². The van der Waals surface area contributed by atoms with Crippen LogP contribution in [0.1, 0.15) is 50.2 Å². The molecule has 2 rings (SSSR count). The van der Waals surface area contributed by atoms with E-state index in [0.717, 1.165) is 13.2 Å². The Morgan fingerprint density at radius 1 is 1.44 bits per heavy atom. The third kappa shape index (κ3) is 3.56. The molecule has 1 aromatic rings. The van der Waals surface area contributed by atoms with Crippen LogP contribution in [0, 0.1) is 12.8 Å². The molecule has 0 radical (unpaired) electrons. The van der Waals surface area contributed by atoms with E-state index in [1.54, 1.807) is 0 Å². The van der Waals surface area contributed by atoms with Crippen LogP contribution in [0.5, 0.6) is 0 Å². The molecule has 1 saturated heterocycles. The molecule has 0 amide bonds. The summed E-state index contributed by atoms with van der Waals surface area (Å²) in [4.78, 5) is 1.43. The van der Waals surface area contributed by atoms with Crippen LogP contribution in [-0.2, 0) is 4.74 Å². The molecular formula is C15H25NOS. The molecule has 2 nitrogen and oxygen atoms in total. The third-order valence-corrected chi connectivity index (χ3v) is 4.58. The Morgan fingerprint density at radius 2 is 2.22 bits per heavy atom. The van der Waals surface area contributed by atoms with Crippen molar-refractivity contribution in [2.24, 2.45) is 5.92 Å². The van der Waals surface area contributed by atoms with Gasteiger partial charge in [-0.1, -0.05) is 0 Å². The minimum absolute atomic E-state index is 0.187. The fourth-order valence-corrected chi connectivity index (χ4v) is 3.52. The Labute approximate surface area is 115 Å². The Hall–Kier alpha value is -0.380. The highest BCUT2D eigenvalue weighted by Crippen LogP contribution is 2.37. The fourth-order valence-electron chi connectivity index (χ4n) is 2.46. The third-order valence-electron chi connectivity index (χ3n) is 3.50. The maximum atomic E-state index is 6.05. The highest BCUT2D eigenvalue weighted by atomic mass is 32.1. The summed E-state index contributed by atoms with van der Waals surface area (Å²) in [6, 6.07) is 2.20. The van der Waals surface area contributed by atoms with Crippen molar-refractivity contribution in [2.45, 2.75) is 52.2 Å². The van der Waals surface area contributed by atoms with Crippen molar-refractivity contribution in [3.05, 3.63) is 21.9 Å². The lowest BCUT2D eigenvalue weighted by Crippen LogP contribution is -2.41. The first-order chi connectivity index (χ1) is 8.47. The van der Waals surface area contributed by atoms with Crippen LogP contribution in [0.4, 0.5) is 0 Å². The van der Waals surface area contributed by atoms with Crippen LogP contribution >= 0.6 is 11.3 Å². The number of hydrogen-bond donors (Lipinski definition) is 1. The van der Waals surface area contributed by atoms with Gasteiger partial charge in [0.25, 0.3) is 0 Å². The van der Waals surface area contributed by atoms with E-state index in [-0.39, 0.29) is 5.54 Å². The van der Waals surface area contributed by atoms with Crippen molar-refractivity contribution < 1.29 is 4.74 Å². The summed E-state index contributed by atoms with van der Waals surface area (Å²) in [6.45, 7) is 10.8. The number of ether oxygens (including phenoxy) is 1. The molecule has 1 aliphatic heterocycles. The van der Waals surface area contributed by atoms with Gasteiger partial charge < -0.3 is 10.1 Å². The lowest BCUT2D eigenvalue weighted by molar-refractivity contribution is -0.0274. The molecule has 18 heavy (non-hydrogen) atoms. The maximum Gasteiger partial charge on any atom is 0.0959 e. The molecular weight excluding hydrogens is 242 g/mol. The average Bonchev–Trinajstić information content (AvgIpc) is 2.72. The summed E-state index contributed by atoms with van der Waals surface area (Å²) in [6.07, 6.45) is 2.76. The highest BCUT2D eigenvalue weighted by Gasteiger charge is 2.30. The van der Waals surface area contributed by atoms with Crippen LogP contribution in [0.25, 0.3) is 0 Å². The Morgan fingerprint density at radius 3 is 2.83 bits per heavy atom. The molecule has 1 aromatic heterocycles.